The Balaban J connectivity index is 1.70. The van der Waals surface area contributed by atoms with Gasteiger partial charge in [-0.05, 0) is 45.0 Å². The standard InChI is InChI=1S/C30H18N2S/c1-3-12-23-21(10-1)26(17-19-18-31-27-15-7-6-14-25(27)29(19)23)30-24-13-4-2-9-20(24)22-11-5-8-16-28(22)32-33-30/h1-18H. The molecule has 0 N–H and O–H groups in total. The van der Waals surface area contributed by atoms with E-state index in [1.54, 1.807) is 11.9 Å². The molecular formula is C30H18N2S. The lowest BCUT2D eigenvalue weighted by atomic mass is 9.94. The molecule has 6 aromatic rings. The first-order valence-electron chi connectivity index (χ1n) is 11.0. The summed E-state index contributed by atoms with van der Waals surface area (Å²) in [5, 5.41) is 10.7. The molecule has 0 aliphatic carbocycles. The lowest BCUT2D eigenvalue weighted by Crippen LogP contribution is -2.09. The van der Waals surface area contributed by atoms with Crippen molar-refractivity contribution >= 4 is 49.3 Å². The average molecular weight is 439 g/mol. The summed E-state index contributed by atoms with van der Waals surface area (Å²) >= 11 is 1.57. The number of hydrogen-bond donors (Lipinski definition) is 0. The van der Waals surface area contributed by atoms with Crippen LogP contribution in [0.4, 0.5) is 0 Å². The summed E-state index contributed by atoms with van der Waals surface area (Å²) in [5.74, 6) is 0. The van der Waals surface area contributed by atoms with Gasteiger partial charge in [0.15, 0.2) is 0 Å². The fraction of sp³-hybridized carbons (Fsp3) is 0. The van der Waals surface area contributed by atoms with Gasteiger partial charge in [0.25, 0.3) is 0 Å². The van der Waals surface area contributed by atoms with Crippen molar-refractivity contribution < 1.29 is 0 Å². The summed E-state index contributed by atoms with van der Waals surface area (Å²) in [4.78, 5) is 5.93. The zero-order valence-corrected chi connectivity index (χ0v) is 18.5. The number of nitrogens with zero attached hydrogens (tertiary/aromatic N) is 2. The van der Waals surface area contributed by atoms with Gasteiger partial charge < -0.3 is 0 Å². The van der Waals surface area contributed by atoms with Gasteiger partial charge in [0.1, 0.15) is 0 Å². The molecule has 1 aliphatic heterocycles. The maximum absolute atomic E-state index is 4.96. The van der Waals surface area contributed by atoms with Crippen LogP contribution < -0.4 is 10.6 Å². The molecule has 154 valence electrons. The summed E-state index contributed by atoms with van der Waals surface area (Å²) in [7, 11) is 0. The van der Waals surface area contributed by atoms with Crippen molar-refractivity contribution in [3.63, 3.8) is 0 Å². The number of fused-ring (bicyclic) bond motifs is 7. The molecular weight excluding hydrogens is 420 g/mol. The molecule has 0 amide bonds. The molecule has 0 fully saturated rings. The number of para-hydroxylation sites is 1. The number of aromatic nitrogens is 1. The van der Waals surface area contributed by atoms with Crippen LogP contribution in [0.25, 0.3) is 37.4 Å². The normalized spacial score (nSPS) is 12.9. The molecule has 0 spiro atoms. The SMILES string of the molecule is c1ccc2c(c1)=NSC(c1cc3cnc4ccccc4c3c3ccccc13)=c1ccccc1=2. The quantitative estimate of drug-likeness (QED) is 0.223. The van der Waals surface area contributed by atoms with Gasteiger partial charge in [0.2, 0.25) is 0 Å². The lowest BCUT2D eigenvalue weighted by molar-refractivity contribution is 1.35. The predicted molar refractivity (Wildman–Crippen MR) is 138 cm³/mol. The van der Waals surface area contributed by atoms with Gasteiger partial charge in [0, 0.05) is 44.4 Å². The maximum Gasteiger partial charge on any atom is 0.0795 e. The van der Waals surface area contributed by atoms with Crippen molar-refractivity contribution in [3.8, 4) is 0 Å². The fourth-order valence-electron chi connectivity index (χ4n) is 4.96. The van der Waals surface area contributed by atoms with Gasteiger partial charge in [0.05, 0.1) is 10.9 Å². The van der Waals surface area contributed by atoms with E-state index in [0.29, 0.717) is 0 Å². The van der Waals surface area contributed by atoms with Crippen LogP contribution in [-0.2, 0) is 0 Å². The Bertz CT molecular complexity index is 1960. The fourth-order valence-corrected chi connectivity index (χ4v) is 5.85. The molecule has 2 nitrogen and oxygen atoms in total. The van der Waals surface area contributed by atoms with Crippen LogP contribution in [-0.4, -0.2) is 4.98 Å². The average Bonchev–Trinajstić information content (AvgIpc) is 3.05. The Morgan fingerprint density at radius 1 is 0.576 bits per heavy atom. The molecule has 0 saturated carbocycles. The van der Waals surface area contributed by atoms with Crippen molar-refractivity contribution in [1.82, 2.24) is 4.98 Å². The highest BCUT2D eigenvalue weighted by Gasteiger charge is 2.15. The second-order valence-corrected chi connectivity index (χ2v) is 9.06. The van der Waals surface area contributed by atoms with Gasteiger partial charge in [-0.3, -0.25) is 4.98 Å². The molecule has 0 radical (unpaired) electrons. The summed E-state index contributed by atoms with van der Waals surface area (Å²) in [5.41, 5.74) is 2.22. The second kappa shape index (κ2) is 7.29. The summed E-state index contributed by atoms with van der Waals surface area (Å²) in [6, 6.07) is 36.4. The molecule has 0 atom stereocenters. The lowest BCUT2D eigenvalue weighted by Gasteiger charge is -2.13. The van der Waals surface area contributed by atoms with Gasteiger partial charge in [-0.1, -0.05) is 84.9 Å². The van der Waals surface area contributed by atoms with Crippen molar-refractivity contribution in [1.29, 1.82) is 0 Å². The summed E-state index contributed by atoms with van der Waals surface area (Å²) in [6.45, 7) is 0. The molecule has 1 aliphatic rings. The minimum Gasteiger partial charge on any atom is -0.256 e. The minimum absolute atomic E-state index is 1.02. The van der Waals surface area contributed by atoms with E-state index in [0.717, 1.165) is 16.3 Å². The Morgan fingerprint density at radius 2 is 1.24 bits per heavy atom. The Labute approximate surface area is 194 Å². The van der Waals surface area contributed by atoms with Crippen molar-refractivity contribution in [2.75, 3.05) is 0 Å². The van der Waals surface area contributed by atoms with E-state index < -0.39 is 0 Å². The maximum atomic E-state index is 4.96. The van der Waals surface area contributed by atoms with E-state index in [1.165, 1.54) is 47.7 Å². The Morgan fingerprint density at radius 3 is 2.12 bits per heavy atom. The zero-order valence-electron chi connectivity index (χ0n) is 17.7. The number of pyridine rings is 1. The highest BCUT2D eigenvalue weighted by molar-refractivity contribution is 8.07. The van der Waals surface area contributed by atoms with Gasteiger partial charge in [-0.15, -0.1) is 0 Å². The van der Waals surface area contributed by atoms with Crippen LogP contribution in [0, 0.1) is 10.4 Å². The summed E-state index contributed by atoms with van der Waals surface area (Å²) < 4.78 is 4.96. The molecule has 1 aromatic heterocycles. The van der Waals surface area contributed by atoms with Gasteiger partial charge >= 0.3 is 0 Å². The van der Waals surface area contributed by atoms with Crippen LogP contribution >= 0.6 is 11.9 Å². The van der Waals surface area contributed by atoms with Crippen molar-refractivity contribution in [2.24, 2.45) is 4.40 Å². The number of rotatable bonds is 1. The number of hydrogen-bond acceptors (Lipinski definition) is 3. The topological polar surface area (TPSA) is 25.2 Å². The predicted octanol–water partition coefficient (Wildman–Crippen LogP) is 6.27. The summed E-state index contributed by atoms with van der Waals surface area (Å²) in [6.07, 6.45) is 2.01. The smallest absolute Gasteiger partial charge is 0.0795 e. The largest absolute Gasteiger partial charge is 0.256 e. The molecule has 3 heteroatoms. The monoisotopic (exact) mass is 438 g/mol. The third-order valence-electron chi connectivity index (χ3n) is 6.44. The minimum atomic E-state index is 1.02. The number of benzene rings is 5. The first-order chi connectivity index (χ1) is 16.4. The molecule has 7 rings (SSSR count). The second-order valence-electron chi connectivity index (χ2n) is 8.28. The van der Waals surface area contributed by atoms with Gasteiger partial charge in [-0.2, -0.15) is 0 Å². The van der Waals surface area contributed by atoms with E-state index in [4.69, 9.17) is 9.38 Å². The van der Waals surface area contributed by atoms with Gasteiger partial charge in [-0.25, -0.2) is 4.40 Å². The Kier molecular flexibility index (Phi) is 4.11. The highest BCUT2D eigenvalue weighted by Crippen LogP contribution is 2.38. The van der Waals surface area contributed by atoms with E-state index in [1.807, 2.05) is 12.3 Å². The molecule has 2 heterocycles. The molecule has 0 saturated heterocycles. The molecule has 33 heavy (non-hydrogen) atoms. The van der Waals surface area contributed by atoms with Crippen LogP contribution in [0.5, 0.6) is 0 Å². The van der Waals surface area contributed by atoms with Crippen molar-refractivity contribution in [2.45, 2.75) is 0 Å². The zero-order chi connectivity index (χ0) is 21.8. The van der Waals surface area contributed by atoms with Crippen molar-refractivity contribution in [3.05, 3.63) is 136 Å². The molecule has 0 unspecified atom stereocenters. The van der Waals surface area contributed by atoms with Crippen LogP contribution in [0.2, 0.25) is 0 Å². The third-order valence-corrected chi connectivity index (χ3v) is 7.35. The van der Waals surface area contributed by atoms with E-state index >= 15 is 0 Å². The van der Waals surface area contributed by atoms with E-state index in [2.05, 4.69) is 97.1 Å². The highest BCUT2D eigenvalue weighted by atomic mass is 32.2. The molecule has 5 aromatic carbocycles. The third kappa shape index (κ3) is 2.83. The first-order valence-corrected chi connectivity index (χ1v) is 11.8. The van der Waals surface area contributed by atoms with Crippen LogP contribution in [0.15, 0.2) is 114 Å². The Hall–Kier alpha value is -3.95. The molecule has 0 bridgehead atoms. The van der Waals surface area contributed by atoms with E-state index in [-0.39, 0.29) is 0 Å². The first kappa shape index (κ1) is 18.6. The van der Waals surface area contributed by atoms with E-state index in [9.17, 15) is 0 Å². The van der Waals surface area contributed by atoms with Crippen LogP contribution in [0.3, 0.4) is 0 Å². The van der Waals surface area contributed by atoms with Crippen LogP contribution in [0.1, 0.15) is 5.56 Å².